The minimum absolute atomic E-state index is 0.0171. The summed E-state index contributed by atoms with van der Waals surface area (Å²) in [4.78, 5) is 24.2. The van der Waals surface area contributed by atoms with Crippen LogP contribution in [0.2, 0.25) is 0 Å². The van der Waals surface area contributed by atoms with Gasteiger partial charge in [0.25, 0.3) is 0 Å². The van der Waals surface area contributed by atoms with Gasteiger partial charge in [0.05, 0.1) is 17.8 Å². The Bertz CT molecular complexity index is 1370. The van der Waals surface area contributed by atoms with Gasteiger partial charge in [-0.1, -0.05) is 32.9 Å². The first-order valence-corrected chi connectivity index (χ1v) is 13.5. The highest BCUT2D eigenvalue weighted by Crippen LogP contribution is 2.32. The van der Waals surface area contributed by atoms with Crippen LogP contribution in [0.3, 0.4) is 0 Å². The fraction of sp³-hybridized carbons (Fsp3) is 0.478. The molecule has 0 aliphatic carbocycles. The van der Waals surface area contributed by atoms with Crippen molar-refractivity contribution in [3.05, 3.63) is 42.5 Å². The van der Waals surface area contributed by atoms with Gasteiger partial charge in [0, 0.05) is 12.2 Å². The molecule has 13 nitrogen and oxygen atoms in total. The lowest BCUT2D eigenvalue weighted by Gasteiger charge is -2.19. The molecule has 3 heterocycles. The number of amides is 2. The molecule has 200 valence electrons. The molecule has 1 fully saturated rings. The maximum absolute atomic E-state index is 12.7. The molecule has 0 bridgehead atoms. The summed E-state index contributed by atoms with van der Waals surface area (Å²) >= 11 is 0. The van der Waals surface area contributed by atoms with Crippen LogP contribution < -0.4 is 16.4 Å². The molecule has 2 amide bonds. The van der Waals surface area contributed by atoms with E-state index in [2.05, 4.69) is 46.4 Å². The summed E-state index contributed by atoms with van der Waals surface area (Å²) < 4.78 is 32.4. The smallest absolute Gasteiger partial charge is 0.319 e. The van der Waals surface area contributed by atoms with E-state index in [-0.39, 0.29) is 29.2 Å². The normalized spacial score (nSPS) is 22.3. The van der Waals surface area contributed by atoms with Gasteiger partial charge in [0.2, 0.25) is 0 Å². The summed E-state index contributed by atoms with van der Waals surface area (Å²) in [5.41, 5.74) is 8.02. The summed E-state index contributed by atoms with van der Waals surface area (Å²) in [7, 11) is -3.76. The van der Waals surface area contributed by atoms with E-state index in [1.54, 1.807) is 12.1 Å². The molecule has 1 aromatic carbocycles. The molecule has 2 aromatic heterocycles. The molecule has 0 saturated carbocycles. The van der Waals surface area contributed by atoms with E-state index in [9.17, 15) is 23.4 Å². The fourth-order valence-electron chi connectivity index (χ4n) is 4.04. The van der Waals surface area contributed by atoms with Gasteiger partial charge < -0.3 is 31.3 Å². The van der Waals surface area contributed by atoms with Gasteiger partial charge in [-0.25, -0.2) is 28.2 Å². The summed E-state index contributed by atoms with van der Waals surface area (Å²) in [5.74, 6) is -0.799. The fourth-order valence-corrected chi connectivity index (χ4v) is 5.39. The third kappa shape index (κ3) is 5.98. The van der Waals surface area contributed by atoms with Gasteiger partial charge in [-0.05, 0) is 23.1 Å². The van der Waals surface area contributed by atoms with Crippen molar-refractivity contribution in [2.75, 3.05) is 29.1 Å². The standard InChI is InChI=1S/C23H31N7O6S/c1-23(2,3)13-4-6-14(7-5-13)29-22(33)25-8-9-37(34,35)10-15-17(31)18(32)21(36-15)30-12-28-16-19(24)26-11-27-20(16)30/h4-7,11-12,15,17-18,21,31-32H,8-10H2,1-3H3,(H2,24,26,27)(H2,25,29,33)/t15-,17-,18-,21?/m1/s1. The second-order valence-electron chi connectivity index (χ2n) is 9.95. The third-order valence-electron chi connectivity index (χ3n) is 6.12. The number of anilines is 2. The minimum Gasteiger partial charge on any atom is -0.387 e. The number of hydrogen-bond donors (Lipinski definition) is 5. The van der Waals surface area contributed by atoms with E-state index in [0.717, 1.165) is 5.56 Å². The number of carbonyl (C=O) groups excluding carboxylic acids is 1. The van der Waals surface area contributed by atoms with Crippen LogP contribution in [-0.2, 0) is 20.0 Å². The van der Waals surface area contributed by atoms with Crippen molar-refractivity contribution in [1.82, 2.24) is 24.8 Å². The lowest BCUT2D eigenvalue weighted by atomic mass is 9.87. The number of benzene rings is 1. The number of aliphatic hydroxyl groups is 2. The first-order chi connectivity index (χ1) is 17.4. The Morgan fingerprint density at radius 3 is 2.51 bits per heavy atom. The predicted octanol–water partition coefficient (Wildman–Crippen LogP) is 0.562. The minimum atomic E-state index is -3.76. The predicted molar refractivity (Wildman–Crippen MR) is 136 cm³/mol. The number of hydrogen-bond acceptors (Lipinski definition) is 10. The topological polar surface area (TPSA) is 195 Å². The van der Waals surface area contributed by atoms with E-state index in [0.29, 0.717) is 11.2 Å². The lowest BCUT2D eigenvalue weighted by molar-refractivity contribution is -0.0292. The molecule has 4 atom stereocenters. The van der Waals surface area contributed by atoms with Crippen molar-refractivity contribution in [2.24, 2.45) is 0 Å². The molecule has 37 heavy (non-hydrogen) atoms. The molecule has 0 spiro atoms. The number of aromatic nitrogens is 4. The Kier molecular flexibility index (Phi) is 7.37. The number of urea groups is 1. The van der Waals surface area contributed by atoms with E-state index in [1.807, 2.05) is 12.1 Å². The number of nitrogen functional groups attached to an aromatic ring is 1. The second-order valence-corrected chi connectivity index (χ2v) is 12.2. The second kappa shape index (κ2) is 10.2. The average Bonchev–Trinajstić information content (AvgIpc) is 3.36. The van der Waals surface area contributed by atoms with Crippen LogP contribution in [0.1, 0.15) is 32.6 Å². The van der Waals surface area contributed by atoms with Gasteiger partial charge in [-0.2, -0.15) is 0 Å². The van der Waals surface area contributed by atoms with Gasteiger partial charge in [-0.3, -0.25) is 4.57 Å². The Morgan fingerprint density at radius 1 is 1.14 bits per heavy atom. The number of sulfone groups is 1. The molecule has 14 heteroatoms. The molecule has 3 aromatic rings. The van der Waals surface area contributed by atoms with Crippen molar-refractivity contribution in [2.45, 2.75) is 50.7 Å². The Morgan fingerprint density at radius 2 is 1.84 bits per heavy atom. The SMILES string of the molecule is CC(C)(C)c1ccc(NC(=O)NCCS(=O)(=O)C[C@H]2OC(n3cnc4c(N)ncnc43)[C@H](O)[C@@H]2O)cc1. The monoisotopic (exact) mass is 533 g/mol. The van der Waals surface area contributed by atoms with Crippen molar-refractivity contribution in [3.8, 4) is 0 Å². The average molecular weight is 534 g/mol. The number of aliphatic hydroxyl groups excluding tert-OH is 2. The van der Waals surface area contributed by atoms with Crippen molar-refractivity contribution in [1.29, 1.82) is 0 Å². The van der Waals surface area contributed by atoms with Crippen LogP contribution in [0.25, 0.3) is 11.2 Å². The van der Waals surface area contributed by atoms with E-state index >= 15 is 0 Å². The third-order valence-corrected chi connectivity index (χ3v) is 7.79. The molecule has 1 unspecified atom stereocenters. The Labute approximate surface area is 214 Å². The molecule has 1 aliphatic heterocycles. The number of fused-ring (bicyclic) bond motifs is 1. The van der Waals surface area contributed by atoms with E-state index < -0.39 is 46.2 Å². The quantitative estimate of drug-likeness (QED) is 0.286. The van der Waals surface area contributed by atoms with Crippen molar-refractivity contribution >= 4 is 38.5 Å². The summed E-state index contributed by atoms with van der Waals surface area (Å²) in [6, 6.07) is 6.86. The summed E-state index contributed by atoms with van der Waals surface area (Å²) in [6.07, 6.45) is -2.67. The first-order valence-electron chi connectivity index (χ1n) is 11.7. The van der Waals surface area contributed by atoms with Gasteiger partial charge >= 0.3 is 6.03 Å². The number of rotatable bonds is 7. The summed E-state index contributed by atoms with van der Waals surface area (Å²) in [5, 5.41) is 26.1. The number of ether oxygens (including phenoxy) is 1. The molecule has 0 radical (unpaired) electrons. The zero-order valence-electron chi connectivity index (χ0n) is 20.7. The van der Waals surface area contributed by atoms with Gasteiger partial charge in [0.1, 0.15) is 30.2 Å². The maximum Gasteiger partial charge on any atom is 0.319 e. The highest BCUT2D eigenvalue weighted by molar-refractivity contribution is 7.91. The molecular weight excluding hydrogens is 502 g/mol. The van der Waals surface area contributed by atoms with Gasteiger partial charge in [0.15, 0.2) is 27.5 Å². The molecule has 6 N–H and O–H groups in total. The van der Waals surface area contributed by atoms with Crippen LogP contribution in [-0.4, -0.2) is 80.5 Å². The largest absolute Gasteiger partial charge is 0.387 e. The number of nitrogens with zero attached hydrogens (tertiary/aromatic N) is 4. The van der Waals surface area contributed by atoms with Crippen molar-refractivity contribution in [3.63, 3.8) is 0 Å². The van der Waals surface area contributed by atoms with Crippen LogP contribution in [0.15, 0.2) is 36.9 Å². The van der Waals surface area contributed by atoms with Crippen LogP contribution in [0.5, 0.6) is 0 Å². The molecule has 1 aliphatic rings. The summed E-state index contributed by atoms with van der Waals surface area (Å²) in [6.45, 7) is 6.11. The highest BCUT2D eigenvalue weighted by Gasteiger charge is 2.45. The molecule has 4 rings (SSSR count). The molecular formula is C23H31N7O6S. The first kappa shape index (κ1) is 26.7. The van der Waals surface area contributed by atoms with Crippen LogP contribution >= 0.6 is 0 Å². The van der Waals surface area contributed by atoms with Crippen LogP contribution in [0.4, 0.5) is 16.3 Å². The van der Waals surface area contributed by atoms with E-state index in [1.165, 1.54) is 17.2 Å². The number of nitrogens with one attached hydrogen (secondary N) is 2. The Balaban J connectivity index is 1.30. The number of nitrogens with two attached hydrogens (primary N) is 1. The number of imidazole rings is 1. The van der Waals surface area contributed by atoms with Gasteiger partial charge in [-0.15, -0.1) is 0 Å². The van der Waals surface area contributed by atoms with E-state index in [4.69, 9.17) is 10.5 Å². The lowest BCUT2D eigenvalue weighted by Crippen LogP contribution is -2.38. The zero-order chi connectivity index (χ0) is 27.0. The highest BCUT2D eigenvalue weighted by atomic mass is 32.2. The Hall–Kier alpha value is -3.33. The maximum atomic E-state index is 12.7. The van der Waals surface area contributed by atoms with Crippen molar-refractivity contribution < 1.29 is 28.2 Å². The zero-order valence-corrected chi connectivity index (χ0v) is 21.5. The number of carbonyl (C=O) groups is 1. The molecule has 1 saturated heterocycles. The van der Waals surface area contributed by atoms with Crippen LogP contribution in [0, 0.1) is 0 Å².